The lowest BCUT2D eigenvalue weighted by molar-refractivity contribution is -0.920. The van der Waals surface area contributed by atoms with Gasteiger partial charge in [0.1, 0.15) is 13.1 Å². The molecule has 2 heterocycles. The van der Waals surface area contributed by atoms with Gasteiger partial charge in [0.25, 0.3) is 5.91 Å². The molecule has 7 heteroatoms. The average Bonchev–Trinajstić information content (AvgIpc) is 3.29. The quantitative estimate of drug-likeness (QED) is 0.693. The standard InChI is InChI=1S/C19H25N3O3S/c23-18(21-19(24)20-15-6-2-1-3-7-15)14-22(12-16-8-4-10-25-16)13-17-9-5-11-26-17/h4-5,8-11,15H,1-3,6-7,12-14H2,(H2,20,21,23,24)/p+1. The second kappa shape index (κ2) is 9.54. The highest BCUT2D eigenvalue weighted by atomic mass is 32.1. The van der Waals surface area contributed by atoms with Crippen LogP contribution in [0.4, 0.5) is 4.79 Å². The van der Waals surface area contributed by atoms with Crippen molar-refractivity contribution < 1.29 is 18.9 Å². The van der Waals surface area contributed by atoms with E-state index in [9.17, 15) is 9.59 Å². The first kappa shape index (κ1) is 18.7. The molecule has 1 aliphatic rings. The van der Waals surface area contributed by atoms with Crippen molar-refractivity contribution in [2.24, 2.45) is 0 Å². The van der Waals surface area contributed by atoms with Crippen molar-refractivity contribution in [3.8, 4) is 0 Å². The number of carbonyl (C=O) groups is 2. The molecule has 1 saturated carbocycles. The van der Waals surface area contributed by atoms with Crippen LogP contribution in [0.1, 0.15) is 42.7 Å². The molecule has 1 fully saturated rings. The molecule has 0 spiro atoms. The van der Waals surface area contributed by atoms with Gasteiger partial charge >= 0.3 is 6.03 Å². The summed E-state index contributed by atoms with van der Waals surface area (Å²) < 4.78 is 5.42. The number of carbonyl (C=O) groups excluding carboxylic acids is 2. The Kier molecular flexibility index (Phi) is 6.85. The summed E-state index contributed by atoms with van der Waals surface area (Å²) in [7, 11) is 0. The van der Waals surface area contributed by atoms with Gasteiger partial charge in [-0.1, -0.05) is 25.3 Å². The second-order valence-electron chi connectivity index (χ2n) is 6.80. The van der Waals surface area contributed by atoms with Gasteiger partial charge in [0.05, 0.1) is 11.1 Å². The molecular formula is C19H26N3O3S+. The summed E-state index contributed by atoms with van der Waals surface area (Å²) in [6.45, 7) is 1.54. The number of urea groups is 1. The van der Waals surface area contributed by atoms with E-state index in [0.717, 1.165) is 42.9 Å². The molecular weight excluding hydrogens is 350 g/mol. The van der Waals surface area contributed by atoms with Crippen LogP contribution in [-0.2, 0) is 17.9 Å². The first-order valence-electron chi connectivity index (χ1n) is 9.18. The Labute approximate surface area is 157 Å². The van der Waals surface area contributed by atoms with E-state index in [0.29, 0.717) is 6.54 Å². The normalized spacial score (nSPS) is 16.2. The van der Waals surface area contributed by atoms with Crippen molar-refractivity contribution in [2.75, 3.05) is 6.54 Å². The Morgan fingerprint density at radius 1 is 1.15 bits per heavy atom. The van der Waals surface area contributed by atoms with E-state index < -0.39 is 0 Å². The number of furan rings is 1. The van der Waals surface area contributed by atoms with E-state index in [4.69, 9.17) is 4.42 Å². The highest BCUT2D eigenvalue weighted by Crippen LogP contribution is 2.17. The molecule has 6 nitrogen and oxygen atoms in total. The average molecular weight is 377 g/mol. The number of nitrogens with one attached hydrogen (secondary N) is 3. The number of hydrogen-bond donors (Lipinski definition) is 3. The predicted octanol–water partition coefficient (Wildman–Crippen LogP) is 2.08. The Morgan fingerprint density at radius 2 is 2.00 bits per heavy atom. The van der Waals surface area contributed by atoms with Gasteiger partial charge in [-0.15, -0.1) is 11.3 Å². The number of rotatable bonds is 7. The summed E-state index contributed by atoms with van der Waals surface area (Å²) in [6.07, 6.45) is 7.13. The van der Waals surface area contributed by atoms with E-state index in [2.05, 4.69) is 16.7 Å². The molecule has 1 unspecified atom stereocenters. The van der Waals surface area contributed by atoms with Crippen LogP contribution in [0.15, 0.2) is 40.3 Å². The molecule has 1 aliphatic carbocycles. The van der Waals surface area contributed by atoms with Gasteiger partial charge in [-0.05, 0) is 36.4 Å². The number of hydrogen-bond acceptors (Lipinski definition) is 4. The Bertz CT molecular complexity index is 643. The van der Waals surface area contributed by atoms with Crippen LogP contribution in [-0.4, -0.2) is 24.5 Å². The van der Waals surface area contributed by atoms with E-state index in [1.54, 1.807) is 17.6 Å². The molecule has 1 atom stereocenters. The van der Waals surface area contributed by atoms with Crippen LogP contribution in [0, 0.1) is 0 Å². The zero-order valence-corrected chi connectivity index (χ0v) is 15.6. The van der Waals surface area contributed by atoms with E-state index in [1.807, 2.05) is 23.6 Å². The first-order valence-corrected chi connectivity index (χ1v) is 10.1. The molecule has 3 rings (SSSR count). The molecule has 3 N–H and O–H groups in total. The van der Waals surface area contributed by atoms with Crippen LogP contribution in [0.25, 0.3) is 0 Å². The smallest absolute Gasteiger partial charge is 0.321 e. The number of thiophene rings is 1. The summed E-state index contributed by atoms with van der Waals surface area (Å²) in [4.78, 5) is 26.6. The largest absolute Gasteiger partial charge is 0.463 e. The van der Waals surface area contributed by atoms with Crippen LogP contribution in [0.2, 0.25) is 0 Å². The number of amides is 3. The highest BCUT2D eigenvalue weighted by molar-refractivity contribution is 7.09. The maximum Gasteiger partial charge on any atom is 0.321 e. The summed E-state index contributed by atoms with van der Waals surface area (Å²) in [5.41, 5.74) is 0. The lowest BCUT2D eigenvalue weighted by Gasteiger charge is -2.23. The molecule has 0 bridgehead atoms. The van der Waals surface area contributed by atoms with Crippen molar-refractivity contribution >= 4 is 23.3 Å². The van der Waals surface area contributed by atoms with Crippen molar-refractivity contribution in [1.29, 1.82) is 0 Å². The minimum absolute atomic E-state index is 0.189. The molecule has 0 saturated heterocycles. The SMILES string of the molecule is O=C(C[NH+](Cc1ccco1)Cc1cccs1)NC(=O)NC1CCCCC1. The Balaban J connectivity index is 1.51. The Morgan fingerprint density at radius 3 is 2.69 bits per heavy atom. The summed E-state index contributed by atoms with van der Waals surface area (Å²) in [6, 6.07) is 7.62. The fourth-order valence-corrected chi connectivity index (χ4v) is 4.15. The minimum Gasteiger partial charge on any atom is -0.463 e. The van der Waals surface area contributed by atoms with Crippen LogP contribution in [0.5, 0.6) is 0 Å². The molecule has 2 aromatic heterocycles. The lowest BCUT2D eigenvalue weighted by Crippen LogP contribution is -3.10. The first-order chi connectivity index (χ1) is 12.7. The zero-order chi connectivity index (χ0) is 18.2. The maximum atomic E-state index is 12.3. The van der Waals surface area contributed by atoms with Gasteiger partial charge in [-0.3, -0.25) is 10.1 Å². The van der Waals surface area contributed by atoms with Crippen LogP contribution < -0.4 is 15.5 Å². The lowest BCUT2D eigenvalue weighted by atomic mass is 9.96. The predicted molar refractivity (Wildman–Crippen MR) is 99.8 cm³/mol. The molecule has 140 valence electrons. The Hall–Kier alpha value is -2.12. The van der Waals surface area contributed by atoms with Gasteiger partial charge in [-0.2, -0.15) is 0 Å². The van der Waals surface area contributed by atoms with Crippen LogP contribution in [0.3, 0.4) is 0 Å². The zero-order valence-electron chi connectivity index (χ0n) is 14.8. The number of quaternary nitrogens is 1. The second-order valence-corrected chi connectivity index (χ2v) is 7.83. The van der Waals surface area contributed by atoms with Gasteiger partial charge in [0.2, 0.25) is 0 Å². The molecule has 26 heavy (non-hydrogen) atoms. The number of imide groups is 1. The third-order valence-corrected chi connectivity index (χ3v) is 5.49. The van der Waals surface area contributed by atoms with Crippen molar-refractivity contribution in [3.05, 3.63) is 46.5 Å². The van der Waals surface area contributed by atoms with E-state index in [-0.39, 0.29) is 24.5 Å². The maximum absolute atomic E-state index is 12.3. The van der Waals surface area contributed by atoms with E-state index in [1.165, 1.54) is 11.3 Å². The topological polar surface area (TPSA) is 75.8 Å². The fraction of sp³-hybridized carbons (Fsp3) is 0.474. The van der Waals surface area contributed by atoms with Crippen molar-refractivity contribution in [3.63, 3.8) is 0 Å². The highest BCUT2D eigenvalue weighted by Gasteiger charge is 2.21. The van der Waals surface area contributed by atoms with Gasteiger partial charge < -0.3 is 14.6 Å². The molecule has 2 aromatic rings. The molecule has 0 aliphatic heterocycles. The van der Waals surface area contributed by atoms with Gasteiger partial charge in [0, 0.05) is 6.04 Å². The molecule has 3 amide bonds. The molecule has 0 aromatic carbocycles. The van der Waals surface area contributed by atoms with Crippen LogP contribution >= 0.6 is 11.3 Å². The molecule has 0 radical (unpaired) electrons. The third-order valence-electron chi connectivity index (χ3n) is 4.61. The fourth-order valence-electron chi connectivity index (χ4n) is 3.37. The van der Waals surface area contributed by atoms with Gasteiger partial charge in [0.15, 0.2) is 12.3 Å². The van der Waals surface area contributed by atoms with E-state index >= 15 is 0 Å². The summed E-state index contributed by atoms with van der Waals surface area (Å²) >= 11 is 1.67. The summed E-state index contributed by atoms with van der Waals surface area (Å²) in [5.74, 6) is 0.562. The van der Waals surface area contributed by atoms with Gasteiger partial charge in [-0.25, -0.2) is 4.79 Å². The monoisotopic (exact) mass is 376 g/mol. The minimum atomic E-state index is -0.379. The van der Waals surface area contributed by atoms with Crippen molar-refractivity contribution in [2.45, 2.75) is 51.2 Å². The third kappa shape index (κ3) is 6.00. The van der Waals surface area contributed by atoms with Crippen molar-refractivity contribution in [1.82, 2.24) is 10.6 Å². The summed E-state index contributed by atoms with van der Waals surface area (Å²) in [5, 5.41) is 7.42.